The molecule has 1 aliphatic heterocycles. The smallest absolute Gasteiger partial charge is 0.247 e. The van der Waals surface area contributed by atoms with Crippen LogP contribution in [0.5, 0.6) is 0 Å². The number of thiazole rings is 1. The van der Waals surface area contributed by atoms with Crippen molar-refractivity contribution in [3.63, 3.8) is 0 Å². The van der Waals surface area contributed by atoms with Crippen LogP contribution in [0, 0.1) is 0 Å². The largest absolute Gasteiger partial charge is 0.346 e. The predicted molar refractivity (Wildman–Crippen MR) is 80.3 cm³/mol. The molecule has 1 saturated heterocycles. The minimum Gasteiger partial charge on any atom is -0.346 e. The quantitative estimate of drug-likeness (QED) is 0.847. The highest BCUT2D eigenvalue weighted by atomic mass is 32.1. The molecule has 0 radical (unpaired) electrons. The standard InChI is InChI=1S/C13H18N6OS/c1-11(19-10-14-9-16-19)12(20)17-4-2-5-18(7-6-17)13-15-3-8-21-13/h3,8-11H,2,4-7H2,1H3/t11-/m1/s1. The van der Waals surface area contributed by atoms with E-state index in [-0.39, 0.29) is 11.9 Å². The summed E-state index contributed by atoms with van der Waals surface area (Å²) >= 11 is 1.64. The molecule has 1 atom stereocenters. The highest BCUT2D eigenvalue weighted by Gasteiger charge is 2.25. The summed E-state index contributed by atoms with van der Waals surface area (Å²) < 4.78 is 1.60. The molecule has 2 aromatic rings. The zero-order valence-corrected chi connectivity index (χ0v) is 12.7. The van der Waals surface area contributed by atoms with Crippen molar-refractivity contribution in [1.29, 1.82) is 0 Å². The summed E-state index contributed by atoms with van der Waals surface area (Å²) in [5.41, 5.74) is 0. The summed E-state index contributed by atoms with van der Waals surface area (Å²) in [5.74, 6) is 0.0986. The lowest BCUT2D eigenvalue weighted by atomic mass is 10.2. The van der Waals surface area contributed by atoms with E-state index in [1.807, 2.05) is 23.4 Å². The number of rotatable bonds is 3. The fourth-order valence-electron chi connectivity index (χ4n) is 2.50. The summed E-state index contributed by atoms with van der Waals surface area (Å²) in [6, 6.07) is -0.307. The van der Waals surface area contributed by atoms with Crippen LogP contribution >= 0.6 is 11.3 Å². The average molecular weight is 306 g/mol. The number of carbonyl (C=O) groups is 1. The van der Waals surface area contributed by atoms with Crippen LogP contribution in [-0.2, 0) is 4.79 Å². The Morgan fingerprint density at radius 1 is 1.33 bits per heavy atom. The van der Waals surface area contributed by atoms with Gasteiger partial charge in [0.1, 0.15) is 18.7 Å². The molecule has 0 N–H and O–H groups in total. The van der Waals surface area contributed by atoms with Gasteiger partial charge in [0.05, 0.1) is 0 Å². The Labute approximate surface area is 127 Å². The Morgan fingerprint density at radius 3 is 2.95 bits per heavy atom. The molecule has 1 amide bonds. The Hall–Kier alpha value is -1.96. The van der Waals surface area contributed by atoms with E-state index in [0.29, 0.717) is 0 Å². The van der Waals surface area contributed by atoms with E-state index in [1.54, 1.807) is 22.3 Å². The van der Waals surface area contributed by atoms with Crippen molar-refractivity contribution in [2.24, 2.45) is 0 Å². The molecule has 0 aromatic carbocycles. The van der Waals surface area contributed by atoms with E-state index in [9.17, 15) is 4.79 Å². The number of carbonyl (C=O) groups excluding carboxylic acids is 1. The SMILES string of the molecule is C[C@H](C(=O)N1CCCN(c2nccs2)CC1)n1cncn1. The maximum atomic E-state index is 12.5. The van der Waals surface area contributed by atoms with Gasteiger partial charge >= 0.3 is 0 Å². The van der Waals surface area contributed by atoms with Crippen molar-refractivity contribution in [1.82, 2.24) is 24.6 Å². The maximum Gasteiger partial charge on any atom is 0.247 e. The van der Waals surface area contributed by atoms with Gasteiger partial charge in [0.2, 0.25) is 5.91 Å². The number of hydrogen-bond donors (Lipinski definition) is 0. The van der Waals surface area contributed by atoms with Crippen LogP contribution in [0.25, 0.3) is 0 Å². The summed E-state index contributed by atoms with van der Waals surface area (Å²) in [5, 5.41) is 7.07. The number of nitrogens with zero attached hydrogens (tertiary/aromatic N) is 6. The molecule has 1 aliphatic rings. The molecule has 0 saturated carbocycles. The van der Waals surface area contributed by atoms with Gasteiger partial charge in [-0.15, -0.1) is 11.3 Å². The molecule has 1 fully saturated rings. The molecule has 3 rings (SSSR count). The van der Waals surface area contributed by atoms with Gasteiger partial charge in [-0.05, 0) is 13.3 Å². The minimum atomic E-state index is -0.307. The molecule has 0 spiro atoms. The summed E-state index contributed by atoms with van der Waals surface area (Å²) in [7, 11) is 0. The molecule has 112 valence electrons. The first-order chi connectivity index (χ1) is 10.3. The number of hydrogen-bond acceptors (Lipinski definition) is 6. The van der Waals surface area contributed by atoms with E-state index in [2.05, 4.69) is 20.0 Å². The highest BCUT2D eigenvalue weighted by molar-refractivity contribution is 7.13. The molecular weight excluding hydrogens is 288 g/mol. The van der Waals surface area contributed by atoms with Gasteiger partial charge in [-0.25, -0.2) is 14.6 Å². The lowest BCUT2D eigenvalue weighted by Gasteiger charge is -2.24. The fourth-order valence-corrected chi connectivity index (χ4v) is 3.19. The third kappa shape index (κ3) is 3.05. The Morgan fingerprint density at radius 2 is 2.24 bits per heavy atom. The summed E-state index contributed by atoms with van der Waals surface area (Å²) in [6.07, 6.45) is 5.81. The van der Waals surface area contributed by atoms with Crippen molar-refractivity contribution in [2.75, 3.05) is 31.1 Å². The Balaban J connectivity index is 1.63. The van der Waals surface area contributed by atoms with Crippen LogP contribution in [0.1, 0.15) is 19.4 Å². The van der Waals surface area contributed by atoms with E-state index < -0.39 is 0 Å². The zero-order valence-electron chi connectivity index (χ0n) is 11.9. The molecule has 21 heavy (non-hydrogen) atoms. The predicted octanol–water partition coefficient (Wildman–Crippen LogP) is 1.03. The van der Waals surface area contributed by atoms with Gasteiger partial charge in [0.15, 0.2) is 5.13 Å². The average Bonchev–Trinajstić information content (AvgIpc) is 3.16. The van der Waals surface area contributed by atoms with Crippen molar-refractivity contribution < 1.29 is 4.79 Å². The lowest BCUT2D eigenvalue weighted by molar-refractivity contribution is -0.134. The van der Waals surface area contributed by atoms with E-state index in [1.165, 1.54) is 6.33 Å². The third-order valence-electron chi connectivity index (χ3n) is 3.69. The molecule has 8 heteroatoms. The summed E-state index contributed by atoms with van der Waals surface area (Å²) in [4.78, 5) is 25.0. The minimum absolute atomic E-state index is 0.0986. The first-order valence-electron chi connectivity index (χ1n) is 7.03. The Bertz CT molecular complexity index is 570. The zero-order chi connectivity index (χ0) is 14.7. The number of anilines is 1. The molecule has 7 nitrogen and oxygen atoms in total. The second kappa shape index (κ2) is 6.21. The Kier molecular flexibility index (Phi) is 4.14. The molecule has 0 aliphatic carbocycles. The lowest BCUT2D eigenvalue weighted by Crippen LogP contribution is -2.39. The molecule has 2 aromatic heterocycles. The molecule has 0 unspecified atom stereocenters. The van der Waals surface area contributed by atoms with Crippen molar-refractivity contribution in [3.8, 4) is 0 Å². The molecule has 0 bridgehead atoms. The van der Waals surface area contributed by atoms with Crippen molar-refractivity contribution in [3.05, 3.63) is 24.2 Å². The van der Waals surface area contributed by atoms with Gasteiger partial charge in [-0.2, -0.15) is 5.10 Å². The highest BCUT2D eigenvalue weighted by Crippen LogP contribution is 2.20. The summed E-state index contributed by atoms with van der Waals surface area (Å²) in [6.45, 7) is 5.12. The van der Waals surface area contributed by atoms with Crippen LogP contribution < -0.4 is 4.90 Å². The number of amides is 1. The maximum absolute atomic E-state index is 12.5. The van der Waals surface area contributed by atoms with Crippen LogP contribution in [0.2, 0.25) is 0 Å². The van der Waals surface area contributed by atoms with E-state index in [4.69, 9.17) is 0 Å². The van der Waals surface area contributed by atoms with Gasteiger partial charge in [-0.1, -0.05) is 0 Å². The van der Waals surface area contributed by atoms with Crippen LogP contribution in [0.15, 0.2) is 24.2 Å². The van der Waals surface area contributed by atoms with Crippen LogP contribution in [0.4, 0.5) is 5.13 Å². The van der Waals surface area contributed by atoms with Gasteiger partial charge in [-0.3, -0.25) is 4.79 Å². The van der Waals surface area contributed by atoms with E-state index in [0.717, 1.165) is 37.7 Å². The van der Waals surface area contributed by atoms with Crippen LogP contribution in [-0.4, -0.2) is 56.7 Å². The monoisotopic (exact) mass is 306 g/mol. The first kappa shape index (κ1) is 14.0. The first-order valence-corrected chi connectivity index (χ1v) is 7.91. The molecular formula is C13H18N6OS. The van der Waals surface area contributed by atoms with Gasteiger partial charge < -0.3 is 9.80 Å². The second-order valence-corrected chi connectivity index (χ2v) is 5.91. The molecule has 3 heterocycles. The van der Waals surface area contributed by atoms with Gasteiger partial charge in [0, 0.05) is 37.8 Å². The number of aromatic nitrogens is 4. The third-order valence-corrected chi connectivity index (χ3v) is 4.52. The van der Waals surface area contributed by atoms with Gasteiger partial charge in [0.25, 0.3) is 0 Å². The second-order valence-electron chi connectivity index (χ2n) is 5.03. The van der Waals surface area contributed by atoms with Crippen molar-refractivity contribution in [2.45, 2.75) is 19.4 Å². The van der Waals surface area contributed by atoms with E-state index >= 15 is 0 Å². The van der Waals surface area contributed by atoms with Crippen molar-refractivity contribution >= 4 is 22.4 Å². The van der Waals surface area contributed by atoms with Crippen LogP contribution in [0.3, 0.4) is 0 Å². The topological polar surface area (TPSA) is 67.2 Å². The fraction of sp³-hybridized carbons (Fsp3) is 0.538. The normalized spacial score (nSPS) is 17.6.